The molecule has 1 aromatic heterocycles. The largest absolute Gasteiger partial charge is 0.294 e. The van der Waals surface area contributed by atoms with Crippen molar-refractivity contribution < 1.29 is 4.79 Å². The third kappa shape index (κ3) is 1.36. The van der Waals surface area contributed by atoms with Gasteiger partial charge in [0.05, 0.1) is 11.3 Å². The lowest BCUT2D eigenvalue weighted by Gasteiger charge is -2.23. The number of halogens is 1. The van der Waals surface area contributed by atoms with Gasteiger partial charge in [0.1, 0.15) is 5.15 Å². The molecule has 1 heterocycles. The van der Waals surface area contributed by atoms with Gasteiger partial charge in [-0.1, -0.05) is 18.0 Å². The Balaban J connectivity index is 2.47. The van der Waals surface area contributed by atoms with Crippen LogP contribution in [0.3, 0.4) is 0 Å². The van der Waals surface area contributed by atoms with E-state index in [-0.39, 0.29) is 5.78 Å². The van der Waals surface area contributed by atoms with Gasteiger partial charge in [0, 0.05) is 13.0 Å². The van der Waals surface area contributed by atoms with Gasteiger partial charge in [0.25, 0.3) is 0 Å². The molecule has 0 saturated heterocycles. The summed E-state index contributed by atoms with van der Waals surface area (Å²) < 4.78 is 1.59. The average Bonchev–Trinajstić information content (AvgIpc) is 2.24. The van der Waals surface area contributed by atoms with Crippen LogP contribution in [0.15, 0.2) is 0 Å². The molecule has 4 heteroatoms. The highest BCUT2D eigenvalue weighted by atomic mass is 35.5. The highest BCUT2D eigenvalue weighted by molar-refractivity contribution is 6.33. The maximum Gasteiger partial charge on any atom is 0.164 e. The van der Waals surface area contributed by atoms with E-state index in [0.29, 0.717) is 16.6 Å². The van der Waals surface area contributed by atoms with Crippen molar-refractivity contribution in [3.05, 3.63) is 16.4 Å². The topological polar surface area (TPSA) is 34.9 Å². The highest BCUT2D eigenvalue weighted by Gasteiger charge is 2.28. The van der Waals surface area contributed by atoms with Crippen LogP contribution in [0.4, 0.5) is 0 Å². The Bertz CT molecular complexity index is 380. The molecule has 0 aromatic carbocycles. The van der Waals surface area contributed by atoms with Crippen LogP contribution in [0.5, 0.6) is 0 Å². The quantitative estimate of drug-likeness (QED) is 0.707. The Kier molecular flexibility index (Phi) is 2.35. The number of aromatic nitrogens is 2. The first-order valence-corrected chi connectivity index (χ1v) is 5.22. The number of rotatable bonds is 2. The minimum atomic E-state index is 0.0185. The molecular formula is C10H13ClN2O. The molecule has 3 nitrogen and oxygen atoms in total. The van der Waals surface area contributed by atoms with Crippen molar-refractivity contribution >= 4 is 17.4 Å². The fraction of sp³-hybridized carbons (Fsp3) is 0.600. The lowest BCUT2D eigenvalue weighted by Crippen LogP contribution is -2.12. The first-order chi connectivity index (χ1) is 6.61. The maximum absolute atomic E-state index is 11.4. The van der Waals surface area contributed by atoms with E-state index in [9.17, 15) is 4.79 Å². The number of carbonyl (C=O) groups excluding carboxylic acids is 1. The summed E-state index contributed by atoms with van der Waals surface area (Å²) in [5.74, 6) is 0.470. The van der Waals surface area contributed by atoms with E-state index in [2.05, 4.69) is 5.10 Å². The monoisotopic (exact) mass is 212 g/mol. The Morgan fingerprint density at radius 1 is 1.57 bits per heavy atom. The number of Topliss-reactive ketones (excluding diaryl/α,β-unsaturated/α-hetero) is 1. The summed E-state index contributed by atoms with van der Waals surface area (Å²) in [6, 6.07) is 0. The fourth-order valence-electron chi connectivity index (χ4n) is 1.82. The van der Waals surface area contributed by atoms with Crippen LogP contribution in [-0.4, -0.2) is 15.6 Å². The minimum Gasteiger partial charge on any atom is -0.294 e. The molecule has 1 saturated carbocycles. The van der Waals surface area contributed by atoms with Gasteiger partial charge in [-0.15, -0.1) is 0 Å². The summed E-state index contributed by atoms with van der Waals surface area (Å²) in [4.78, 5) is 11.4. The van der Waals surface area contributed by atoms with Crippen molar-refractivity contribution in [2.45, 2.75) is 32.1 Å². The molecule has 0 amide bonds. The molecule has 0 unspecified atom stereocenters. The Morgan fingerprint density at radius 3 is 2.64 bits per heavy atom. The second-order valence-corrected chi connectivity index (χ2v) is 4.22. The average molecular weight is 213 g/mol. The Hall–Kier alpha value is -0.830. The molecule has 76 valence electrons. The molecule has 0 spiro atoms. The molecule has 0 bridgehead atoms. The van der Waals surface area contributed by atoms with Crippen molar-refractivity contribution in [1.29, 1.82) is 0 Å². The molecule has 0 atom stereocenters. The van der Waals surface area contributed by atoms with Crippen molar-refractivity contribution in [3.8, 4) is 0 Å². The summed E-state index contributed by atoms with van der Waals surface area (Å²) >= 11 is 6.01. The predicted molar refractivity (Wildman–Crippen MR) is 54.8 cm³/mol. The van der Waals surface area contributed by atoms with Crippen LogP contribution in [0.1, 0.15) is 48.2 Å². The van der Waals surface area contributed by atoms with Gasteiger partial charge in [-0.2, -0.15) is 5.10 Å². The SMILES string of the molecule is CC(=O)c1c(C2CCC2)nn(C)c1Cl. The Morgan fingerprint density at radius 2 is 2.21 bits per heavy atom. The summed E-state index contributed by atoms with van der Waals surface area (Å²) in [5, 5.41) is 4.79. The van der Waals surface area contributed by atoms with E-state index in [1.807, 2.05) is 0 Å². The van der Waals surface area contributed by atoms with Gasteiger partial charge in [0.15, 0.2) is 5.78 Å². The zero-order valence-corrected chi connectivity index (χ0v) is 9.14. The minimum absolute atomic E-state index is 0.0185. The van der Waals surface area contributed by atoms with E-state index in [4.69, 9.17) is 11.6 Å². The number of ketones is 1. The van der Waals surface area contributed by atoms with Gasteiger partial charge >= 0.3 is 0 Å². The summed E-state index contributed by atoms with van der Waals surface area (Å²) in [7, 11) is 1.77. The molecule has 0 aliphatic heterocycles. The third-order valence-corrected chi connectivity index (χ3v) is 3.28. The van der Waals surface area contributed by atoms with Gasteiger partial charge in [-0.05, 0) is 19.8 Å². The number of carbonyl (C=O) groups is 1. The van der Waals surface area contributed by atoms with Gasteiger partial charge in [0.2, 0.25) is 0 Å². The van der Waals surface area contributed by atoms with Crippen LogP contribution < -0.4 is 0 Å². The van der Waals surface area contributed by atoms with Crippen LogP contribution in [-0.2, 0) is 7.05 Å². The predicted octanol–water partition coefficient (Wildman–Crippen LogP) is 2.54. The van der Waals surface area contributed by atoms with E-state index in [1.54, 1.807) is 18.7 Å². The number of hydrogen-bond donors (Lipinski definition) is 0. The van der Waals surface area contributed by atoms with Crippen LogP contribution in [0, 0.1) is 0 Å². The zero-order chi connectivity index (χ0) is 10.3. The normalized spacial score (nSPS) is 16.8. The highest BCUT2D eigenvalue weighted by Crippen LogP contribution is 2.39. The summed E-state index contributed by atoms with van der Waals surface area (Å²) in [6.07, 6.45) is 3.50. The van der Waals surface area contributed by atoms with Crippen molar-refractivity contribution in [1.82, 2.24) is 9.78 Å². The van der Waals surface area contributed by atoms with Gasteiger partial charge in [-0.3, -0.25) is 9.48 Å². The van der Waals surface area contributed by atoms with Gasteiger partial charge < -0.3 is 0 Å². The van der Waals surface area contributed by atoms with Crippen molar-refractivity contribution in [3.63, 3.8) is 0 Å². The maximum atomic E-state index is 11.4. The molecule has 1 aliphatic rings. The molecule has 0 N–H and O–H groups in total. The van der Waals surface area contributed by atoms with Crippen LogP contribution in [0.2, 0.25) is 5.15 Å². The Labute approximate surface area is 88.1 Å². The number of hydrogen-bond acceptors (Lipinski definition) is 2. The summed E-state index contributed by atoms with van der Waals surface area (Å²) in [6.45, 7) is 1.55. The molecule has 1 aromatic rings. The molecule has 1 aliphatic carbocycles. The van der Waals surface area contributed by atoms with E-state index < -0.39 is 0 Å². The first-order valence-electron chi connectivity index (χ1n) is 4.84. The van der Waals surface area contributed by atoms with E-state index in [0.717, 1.165) is 18.5 Å². The second kappa shape index (κ2) is 3.39. The van der Waals surface area contributed by atoms with Crippen LogP contribution >= 0.6 is 11.6 Å². The third-order valence-electron chi connectivity index (χ3n) is 2.85. The first kappa shape index (κ1) is 9.71. The fourth-order valence-corrected chi connectivity index (χ4v) is 2.08. The standard InChI is InChI=1S/C10H13ClN2O/c1-6(14)8-9(7-4-3-5-7)12-13(2)10(8)11/h7H,3-5H2,1-2H3. The molecule has 14 heavy (non-hydrogen) atoms. The molecule has 0 radical (unpaired) electrons. The zero-order valence-electron chi connectivity index (χ0n) is 8.38. The smallest absolute Gasteiger partial charge is 0.164 e. The number of aryl methyl sites for hydroxylation is 1. The number of nitrogens with zero attached hydrogens (tertiary/aromatic N) is 2. The second-order valence-electron chi connectivity index (χ2n) is 3.86. The molecular weight excluding hydrogens is 200 g/mol. The summed E-state index contributed by atoms with van der Waals surface area (Å²) in [5.41, 5.74) is 1.52. The molecule has 1 fully saturated rings. The van der Waals surface area contributed by atoms with E-state index >= 15 is 0 Å². The lowest BCUT2D eigenvalue weighted by atomic mass is 9.81. The van der Waals surface area contributed by atoms with Crippen molar-refractivity contribution in [2.24, 2.45) is 7.05 Å². The lowest BCUT2D eigenvalue weighted by molar-refractivity contribution is 0.101. The van der Waals surface area contributed by atoms with E-state index in [1.165, 1.54) is 6.42 Å². The van der Waals surface area contributed by atoms with Crippen LogP contribution in [0.25, 0.3) is 0 Å². The van der Waals surface area contributed by atoms with Crippen molar-refractivity contribution in [2.75, 3.05) is 0 Å². The van der Waals surface area contributed by atoms with Gasteiger partial charge in [-0.25, -0.2) is 0 Å². The molecule has 2 rings (SSSR count).